The molecule has 3 heterocycles. The van der Waals surface area contributed by atoms with Crippen molar-refractivity contribution < 1.29 is 24.2 Å². The van der Waals surface area contributed by atoms with Crippen molar-refractivity contribution in [2.24, 2.45) is 17.8 Å². The lowest BCUT2D eigenvalue weighted by atomic mass is 9.66. The van der Waals surface area contributed by atoms with Gasteiger partial charge in [-0.3, -0.25) is 14.4 Å². The predicted molar refractivity (Wildman–Crippen MR) is 160 cm³/mol. The molecule has 2 aromatic carbocycles. The van der Waals surface area contributed by atoms with Crippen molar-refractivity contribution >= 4 is 29.5 Å². The average molecular weight is 575 g/mol. The standard InChI is InChI=1S/C33H38N2O5S/c1-4-6-18-40-32(39)27-26-19-22(3)33(41-26)28(27)30(37)35(25(21-36)24-15-11-8-12-16-24)29(33)31(38)34(17-5-2)20-23-13-9-7-10-14-23/h4-5,7-16,22,25-29,36H,1-2,6,17-21H2,3H3/t22?,25-,26-,27+,28+,29?,33?/m1/s1. The second-order valence-corrected chi connectivity index (χ2v) is 12.7. The summed E-state index contributed by atoms with van der Waals surface area (Å²) in [5, 5.41) is 10.6. The van der Waals surface area contributed by atoms with Crippen molar-refractivity contribution in [2.45, 2.75) is 48.4 Å². The maximum Gasteiger partial charge on any atom is 0.310 e. The molecule has 5 rings (SSSR count). The molecule has 1 spiro atoms. The monoisotopic (exact) mass is 574 g/mol. The fourth-order valence-corrected chi connectivity index (χ4v) is 9.47. The molecule has 41 heavy (non-hydrogen) atoms. The molecule has 0 aliphatic carbocycles. The van der Waals surface area contributed by atoms with Gasteiger partial charge in [-0.05, 0) is 29.9 Å². The molecule has 0 saturated carbocycles. The summed E-state index contributed by atoms with van der Waals surface area (Å²) in [6.45, 7) is 10.2. The van der Waals surface area contributed by atoms with Crippen LogP contribution in [0.25, 0.3) is 0 Å². The molecule has 1 N–H and O–H groups in total. The number of esters is 1. The third-order valence-corrected chi connectivity index (χ3v) is 10.9. The van der Waals surface area contributed by atoms with Crippen LogP contribution in [0.15, 0.2) is 86.0 Å². The van der Waals surface area contributed by atoms with Crippen LogP contribution < -0.4 is 0 Å². The molecule has 7 nitrogen and oxygen atoms in total. The first kappa shape index (κ1) is 29.1. The minimum Gasteiger partial charge on any atom is -0.465 e. The van der Waals surface area contributed by atoms with Gasteiger partial charge in [0, 0.05) is 18.3 Å². The van der Waals surface area contributed by atoms with E-state index < -0.39 is 34.6 Å². The van der Waals surface area contributed by atoms with Crippen molar-refractivity contribution in [2.75, 3.05) is 19.8 Å². The van der Waals surface area contributed by atoms with Crippen LogP contribution in [-0.4, -0.2) is 68.5 Å². The van der Waals surface area contributed by atoms with E-state index in [1.165, 1.54) is 0 Å². The number of amides is 2. The molecule has 216 valence electrons. The van der Waals surface area contributed by atoms with E-state index >= 15 is 0 Å². The molecule has 7 atom stereocenters. The Balaban J connectivity index is 1.60. The third-order valence-electron chi connectivity index (χ3n) is 8.83. The zero-order valence-electron chi connectivity index (χ0n) is 23.4. The molecule has 8 heteroatoms. The normalized spacial score (nSPS) is 28.7. The number of aliphatic hydroxyl groups is 1. The maximum atomic E-state index is 14.8. The van der Waals surface area contributed by atoms with E-state index in [1.807, 2.05) is 60.7 Å². The molecular weight excluding hydrogens is 536 g/mol. The number of likely N-dealkylation sites (tertiary alicyclic amines) is 1. The second-order valence-electron chi connectivity index (χ2n) is 11.1. The Morgan fingerprint density at radius 1 is 1.15 bits per heavy atom. The smallest absolute Gasteiger partial charge is 0.310 e. The highest BCUT2D eigenvalue weighted by Gasteiger charge is 2.77. The lowest BCUT2D eigenvalue weighted by Gasteiger charge is -2.42. The topological polar surface area (TPSA) is 87.1 Å². The highest BCUT2D eigenvalue weighted by atomic mass is 32.2. The largest absolute Gasteiger partial charge is 0.465 e. The number of hydrogen-bond donors (Lipinski definition) is 1. The number of aliphatic hydroxyl groups excluding tert-OH is 1. The van der Waals surface area contributed by atoms with Gasteiger partial charge in [0.05, 0.1) is 35.8 Å². The summed E-state index contributed by atoms with van der Waals surface area (Å²) in [6, 6.07) is 17.5. The van der Waals surface area contributed by atoms with E-state index in [-0.39, 0.29) is 36.2 Å². The van der Waals surface area contributed by atoms with E-state index in [0.717, 1.165) is 11.1 Å². The number of fused-ring (bicyclic) bond motifs is 1. The second kappa shape index (κ2) is 12.2. The first-order chi connectivity index (χ1) is 19.9. The number of ether oxygens (including phenoxy) is 1. The molecule has 0 radical (unpaired) electrons. The zero-order chi connectivity index (χ0) is 29.1. The molecule has 3 saturated heterocycles. The number of nitrogens with zero attached hydrogens (tertiary/aromatic N) is 2. The van der Waals surface area contributed by atoms with Gasteiger partial charge < -0.3 is 19.6 Å². The Labute approximate surface area is 246 Å². The van der Waals surface area contributed by atoms with Crippen LogP contribution >= 0.6 is 11.8 Å². The van der Waals surface area contributed by atoms with Crippen molar-refractivity contribution in [3.63, 3.8) is 0 Å². The van der Waals surface area contributed by atoms with Gasteiger partial charge in [-0.2, -0.15) is 0 Å². The fourth-order valence-electron chi connectivity index (χ4n) is 7.08. The van der Waals surface area contributed by atoms with Gasteiger partial charge >= 0.3 is 5.97 Å². The van der Waals surface area contributed by atoms with Crippen LogP contribution in [0.5, 0.6) is 0 Å². The predicted octanol–water partition coefficient (Wildman–Crippen LogP) is 4.39. The van der Waals surface area contributed by atoms with E-state index in [2.05, 4.69) is 20.1 Å². The SMILES string of the molecule is C=CCCOC(=O)[C@@H]1[C@H]2C(=O)N([C@H](CO)c3ccccc3)C(C(=O)N(CC=C)Cc3ccccc3)C23S[C@@H]1CC3C. The van der Waals surface area contributed by atoms with E-state index in [0.29, 0.717) is 25.9 Å². The van der Waals surface area contributed by atoms with Gasteiger partial charge in [0.1, 0.15) is 6.04 Å². The van der Waals surface area contributed by atoms with Gasteiger partial charge in [-0.15, -0.1) is 24.9 Å². The van der Waals surface area contributed by atoms with Crippen molar-refractivity contribution in [3.05, 3.63) is 97.1 Å². The van der Waals surface area contributed by atoms with Crippen LogP contribution in [0.4, 0.5) is 0 Å². The van der Waals surface area contributed by atoms with Crippen LogP contribution in [0, 0.1) is 17.8 Å². The minimum atomic E-state index is -0.864. The highest BCUT2D eigenvalue weighted by Crippen LogP contribution is 2.69. The molecule has 2 amide bonds. The summed E-state index contributed by atoms with van der Waals surface area (Å²) in [6.07, 6.45) is 4.62. The van der Waals surface area contributed by atoms with Crippen molar-refractivity contribution in [3.8, 4) is 0 Å². The summed E-state index contributed by atoms with van der Waals surface area (Å²) >= 11 is 1.60. The molecule has 2 aromatic rings. The molecule has 2 bridgehead atoms. The fraction of sp³-hybridized carbons (Fsp3) is 0.424. The number of carbonyl (C=O) groups excluding carboxylic acids is 3. The van der Waals surface area contributed by atoms with E-state index in [4.69, 9.17) is 4.74 Å². The van der Waals surface area contributed by atoms with Gasteiger partial charge in [-0.25, -0.2) is 0 Å². The third kappa shape index (κ3) is 5.01. The Bertz CT molecular complexity index is 1290. The number of benzene rings is 2. The molecular formula is C33H38N2O5S. The number of hydrogen-bond acceptors (Lipinski definition) is 6. The van der Waals surface area contributed by atoms with Gasteiger partial charge in [0.15, 0.2) is 0 Å². The van der Waals surface area contributed by atoms with Crippen molar-refractivity contribution in [1.29, 1.82) is 0 Å². The van der Waals surface area contributed by atoms with Gasteiger partial charge in [-0.1, -0.05) is 79.7 Å². The summed E-state index contributed by atoms with van der Waals surface area (Å²) in [5.41, 5.74) is 1.71. The van der Waals surface area contributed by atoms with Gasteiger partial charge in [0.2, 0.25) is 11.8 Å². The first-order valence-electron chi connectivity index (χ1n) is 14.3. The Kier molecular flexibility index (Phi) is 8.71. The average Bonchev–Trinajstić information content (AvgIpc) is 3.58. The molecule has 3 fully saturated rings. The lowest BCUT2D eigenvalue weighted by Crippen LogP contribution is -2.57. The number of carbonyl (C=O) groups is 3. The quantitative estimate of drug-likeness (QED) is 0.230. The summed E-state index contributed by atoms with van der Waals surface area (Å²) in [5.74, 6) is -2.22. The van der Waals surface area contributed by atoms with Crippen LogP contribution in [0.2, 0.25) is 0 Å². The molecule has 3 unspecified atom stereocenters. The van der Waals surface area contributed by atoms with Crippen LogP contribution in [0.1, 0.15) is 36.9 Å². The van der Waals surface area contributed by atoms with Crippen LogP contribution in [-0.2, 0) is 25.7 Å². The Hall–Kier alpha value is -3.36. The van der Waals surface area contributed by atoms with E-state index in [9.17, 15) is 19.5 Å². The van der Waals surface area contributed by atoms with Crippen LogP contribution in [0.3, 0.4) is 0 Å². The first-order valence-corrected chi connectivity index (χ1v) is 15.1. The summed E-state index contributed by atoms with van der Waals surface area (Å²) in [7, 11) is 0. The number of thioether (sulfide) groups is 1. The summed E-state index contributed by atoms with van der Waals surface area (Å²) in [4.78, 5) is 46.1. The zero-order valence-corrected chi connectivity index (χ0v) is 24.2. The highest BCUT2D eigenvalue weighted by molar-refractivity contribution is 8.02. The molecule has 0 aromatic heterocycles. The summed E-state index contributed by atoms with van der Waals surface area (Å²) < 4.78 is 4.80. The molecule has 3 aliphatic heterocycles. The minimum absolute atomic E-state index is 0.0000442. The Morgan fingerprint density at radius 2 is 1.83 bits per heavy atom. The lowest BCUT2D eigenvalue weighted by molar-refractivity contribution is -0.155. The van der Waals surface area contributed by atoms with Crippen molar-refractivity contribution in [1.82, 2.24) is 9.80 Å². The maximum absolute atomic E-state index is 14.8. The van der Waals surface area contributed by atoms with E-state index in [1.54, 1.807) is 33.7 Å². The van der Waals surface area contributed by atoms with Gasteiger partial charge in [0.25, 0.3) is 0 Å². The Morgan fingerprint density at radius 3 is 2.46 bits per heavy atom. The molecule has 3 aliphatic rings. The number of rotatable bonds is 12.